The smallest absolute Gasteiger partial charge is 0.332 e. The van der Waals surface area contributed by atoms with Crippen LogP contribution in [0.1, 0.15) is 11.5 Å². The lowest BCUT2D eigenvalue weighted by Crippen LogP contribution is -2.42. The molecule has 0 saturated heterocycles. The molecule has 0 aliphatic heterocycles. The van der Waals surface area contributed by atoms with Crippen LogP contribution in [0.4, 0.5) is 5.69 Å². The highest BCUT2D eigenvalue weighted by atomic mass is 35.5. The van der Waals surface area contributed by atoms with Crippen LogP contribution in [0, 0.1) is 6.92 Å². The minimum absolute atomic E-state index is 0.0916. The lowest BCUT2D eigenvalue weighted by Gasteiger charge is -2.14. The Balaban J connectivity index is 1.51. The average Bonchev–Trinajstić information content (AvgIpc) is 3.36. The summed E-state index contributed by atoms with van der Waals surface area (Å²) in [6, 6.07) is 21.0. The topological polar surface area (TPSA) is 112 Å². The van der Waals surface area contributed by atoms with E-state index in [0.717, 1.165) is 15.7 Å². The zero-order chi connectivity index (χ0) is 25.2. The minimum atomic E-state index is -0.670. The number of nitrogens with zero attached hydrogens (tertiary/aromatic N) is 4. The van der Waals surface area contributed by atoms with Crippen molar-refractivity contribution in [1.29, 1.82) is 0 Å². The molecule has 1 N–H and O–H groups in total. The Morgan fingerprint density at radius 3 is 2.56 bits per heavy atom. The Kier molecular flexibility index (Phi) is 6.22. The number of carbonyl (C=O) groups excluding carboxylic acids is 1. The SMILES string of the molecule is Cc1ccc(Cl)cc1NC(=O)Cn1c(=O)n(Cc2nc(-c3ccccc3)no2)c(=O)c2ccccc21. The van der Waals surface area contributed by atoms with E-state index in [1.807, 2.05) is 37.3 Å². The van der Waals surface area contributed by atoms with E-state index in [2.05, 4.69) is 15.5 Å². The number of benzene rings is 3. The molecule has 5 rings (SSSR count). The predicted octanol–water partition coefficient (Wildman–Crippen LogP) is 3.86. The third kappa shape index (κ3) is 4.56. The number of hydrogen-bond acceptors (Lipinski definition) is 6. The van der Waals surface area contributed by atoms with Gasteiger partial charge in [0.1, 0.15) is 13.1 Å². The molecule has 0 unspecified atom stereocenters. The summed E-state index contributed by atoms with van der Waals surface area (Å²) >= 11 is 6.06. The second kappa shape index (κ2) is 9.63. The van der Waals surface area contributed by atoms with Gasteiger partial charge in [0.15, 0.2) is 0 Å². The molecule has 3 aromatic carbocycles. The molecule has 9 nitrogen and oxygen atoms in total. The highest BCUT2D eigenvalue weighted by molar-refractivity contribution is 6.31. The van der Waals surface area contributed by atoms with Gasteiger partial charge in [-0.2, -0.15) is 4.98 Å². The maximum absolute atomic E-state index is 13.4. The first-order valence-corrected chi connectivity index (χ1v) is 11.4. The van der Waals surface area contributed by atoms with E-state index in [1.165, 1.54) is 4.57 Å². The first-order chi connectivity index (χ1) is 17.4. The molecule has 0 bridgehead atoms. The van der Waals surface area contributed by atoms with Gasteiger partial charge in [-0.15, -0.1) is 0 Å². The third-order valence-corrected chi connectivity index (χ3v) is 5.94. The van der Waals surface area contributed by atoms with Crippen molar-refractivity contribution in [2.24, 2.45) is 0 Å². The number of anilines is 1. The van der Waals surface area contributed by atoms with Crippen LogP contribution in [0.25, 0.3) is 22.3 Å². The summed E-state index contributed by atoms with van der Waals surface area (Å²) < 4.78 is 7.55. The van der Waals surface area contributed by atoms with Crippen molar-refractivity contribution in [2.75, 3.05) is 5.32 Å². The summed E-state index contributed by atoms with van der Waals surface area (Å²) in [5, 5.41) is 7.49. The van der Waals surface area contributed by atoms with Crippen LogP contribution in [0.3, 0.4) is 0 Å². The average molecular weight is 502 g/mol. The standard InChI is InChI=1S/C26H20ClN5O4/c1-16-11-12-18(27)13-20(16)28-22(33)14-31-21-10-6-5-9-19(21)25(34)32(26(31)35)15-23-29-24(30-36-23)17-7-3-2-4-8-17/h2-13H,14-15H2,1H3,(H,28,33). The van der Waals surface area contributed by atoms with Gasteiger partial charge in [-0.3, -0.25) is 18.7 Å². The minimum Gasteiger partial charge on any atom is -0.337 e. The van der Waals surface area contributed by atoms with Crippen molar-refractivity contribution >= 4 is 34.1 Å². The molecule has 10 heteroatoms. The van der Waals surface area contributed by atoms with E-state index in [-0.39, 0.29) is 24.4 Å². The van der Waals surface area contributed by atoms with Gasteiger partial charge in [-0.25, -0.2) is 4.79 Å². The van der Waals surface area contributed by atoms with Crippen molar-refractivity contribution < 1.29 is 9.32 Å². The van der Waals surface area contributed by atoms with Gasteiger partial charge in [-0.1, -0.05) is 65.3 Å². The molecular formula is C26H20ClN5O4. The van der Waals surface area contributed by atoms with E-state index in [1.54, 1.807) is 42.5 Å². The number of nitrogens with one attached hydrogen (secondary N) is 1. The number of aryl methyl sites for hydroxylation is 1. The Morgan fingerprint density at radius 1 is 1.00 bits per heavy atom. The number of hydrogen-bond donors (Lipinski definition) is 1. The van der Waals surface area contributed by atoms with Gasteiger partial charge in [0.2, 0.25) is 17.6 Å². The number of halogens is 1. The third-order valence-electron chi connectivity index (χ3n) is 5.70. The van der Waals surface area contributed by atoms with E-state index in [9.17, 15) is 14.4 Å². The van der Waals surface area contributed by atoms with E-state index in [4.69, 9.17) is 16.1 Å². The Hall–Kier alpha value is -4.50. The summed E-state index contributed by atoms with van der Waals surface area (Å²) in [5.41, 5.74) is 1.26. The fourth-order valence-corrected chi connectivity index (χ4v) is 4.06. The maximum atomic E-state index is 13.4. The molecule has 2 heterocycles. The summed E-state index contributed by atoms with van der Waals surface area (Å²) in [5.74, 6) is -0.00751. The lowest BCUT2D eigenvalue weighted by molar-refractivity contribution is -0.116. The molecule has 180 valence electrons. The molecule has 0 saturated carbocycles. The molecule has 0 atom stereocenters. The molecule has 5 aromatic rings. The zero-order valence-electron chi connectivity index (χ0n) is 19.1. The summed E-state index contributed by atoms with van der Waals surface area (Å²) in [4.78, 5) is 43.9. The molecule has 0 radical (unpaired) electrons. The Labute approximate surface area is 209 Å². The van der Waals surface area contributed by atoms with Crippen LogP contribution >= 0.6 is 11.6 Å². The van der Waals surface area contributed by atoms with Crippen LogP contribution in [-0.4, -0.2) is 25.2 Å². The number of amides is 1. The van der Waals surface area contributed by atoms with Gasteiger partial charge < -0.3 is 9.84 Å². The number of para-hydroxylation sites is 1. The Morgan fingerprint density at radius 2 is 1.75 bits per heavy atom. The maximum Gasteiger partial charge on any atom is 0.332 e. The predicted molar refractivity (Wildman–Crippen MR) is 136 cm³/mol. The van der Waals surface area contributed by atoms with Crippen molar-refractivity contribution in [3.8, 4) is 11.4 Å². The van der Waals surface area contributed by atoms with Crippen molar-refractivity contribution in [3.63, 3.8) is 0 Å². The molecule has 36 heavy (non-hydrogen) atoms. The lowest BCUT2D eigenvalue weighted by atomic mass is 10.2. The number of aromatic nitrogens is 4. The number of rotatable bonds is 6. The molecule has 1 amide bonds. The van der Waals surface area contributed by atoms with Crippen LogP contribution in [-0.2, 0) is 17.9 Å². The molecule has 0 aliphatic carbocycles. The highest BCUT2D eigenvalue weighted by Crippen LogP contribution is 2.20. The summed E-state index contributed by atoms with van der Waals surface area (Å²) in [6.45, 7) is 1.28. The summed E-state index contributed by atoms with van der Waals surface area (Å²) in [6.07, 6.45) is 0. The normalized spacial score (nSPS) is 11.1. The molecule has 0 aliphatic rings. The van der Waals surface area contributed by atoms with Crippen molar-refractivity contribution in [2.45, 2.75) is 20.0 Å². The molecule has 0 fully saturated rings. The monoisotopic (exact) mass is 501 g/mol. The fraction of sp³-hybridized carbons (Fsp3) is 0.115. The van der Waals surface area contributed by atoms with E-state index < -0.39 is 17.2 Å². The van der Waals surface area contributed by atoms with E-state index in [0.29, 0.717) is 22.1 Å². The van der Waals surface area contributed by atoms with Crippen LogP contribution < -0.4 is 16.6 Å². The van der Waals surface area contributed by atoms with E-state index >= 15 is 0 Å². The van der Waals surface area contributed by atoms with Crippen molar-refractivity contribution in [3.05, 3.63) is 110 Å². The highest BCUT2D eigenvalue weighted by Gasteiger charge is 2.18. The van der Waals surface area contributed by atoms with Crippen LogP contribution in [0.15, 0.2) is 86.9 Å². The number of fused-ring (bicyclic) bond motifs is 1. The fourth-order valence-electron chi connectivity index (χ4n) is 3.88. The van der Waals surface area contributed by atoms with Crippen LogP contribution in [0.5, 0.6) is 0 Å². The first kappa shape index (κ1) is 23.3. The van der Waals surface area contributed by atoms with Gasteiger partial charge in [0.25, 0.3) is 5.56 Å². The quantitative estimate of drug-likeness (QED) is 0.378. The second-order valence-electron chi connectivity index (χ2n) is 8.16. The van der Waals surface area contributed by atoms with Crippen molar-refractivity contribution in [1.82, 2.24) is 19.3 Å². The Bertz CT molecular complexity index is 1710. The number of carbonyl (C=O) groups is 1. The van der Waals surface area contributed by atoms with Gasteiger partial charge in [0, 0.05) is 16.3 Å². The van der Waals surface area contributed by atoms with Gasteiger partial charge >= 0.3 is 5.69 Å². The first-order valence-electron chi connectivity index (χ1n) is 11.1. The summed E-state index contributed by atoms with van der Waals surface area (Å²) in [7, 11) is 0. The van der Waals surface area contributed by atoms with Gasteiger partial charge in [-0.05, 0) is 36.8 Å². The largest absolute Gasteiger partial charge is 0.337 e. The zero-order valence-corrected chi connectivity index (χ0v) is 19.9. The van der Waals surface area contributed by atoms with Crippen LogP contribution in [0.2, 0.25) is 5.02 Å². The molecular weight excluding hydrogens is 482 g/mol. The molecule has 2 aromatic heterocycles. The second-order valence-corrected chi connectivity index (χ2v) is 8.60. The van der Waals surface area contributed by atoms with Gasteiger partial charge in [0.05, 0.1) is 10.9 Å². The molecule has 0 spiro atoms.